The molecule has 7 heteroatoms. The van der Waals surface area contributed by atoms with Crippen LogP contribution in [0.2, 0.25) is 0 Å². The van der Waals surface area contributed by atoms with Crippen LogP contribution in [0.4, 0.5) is 8.78 Å². The van der Waals surface area contributed by atoms with Gasteiger partial charge in [0.2, 0.25) is 0 Å². The molecule has 1 N–H and O–H groups in total. The van der Waals surface area contributed by atoms with Crippen LogP contribution < -0.4 is 10.9 Å². The maximum absolute atomic E-state index is 14.2. The van der Waals surface area contributed by atoms with Crippen LogP contribution in [0, 0.1) is 17.6 Å². The number of hydrogen-bond acceptors (Lipinski definition) is 4. The summed E-state index contributed by atoms with van der Waals surface area (Å²) in [5.74, 6) is -1.09. The van der Waals surface area contributed by atoms with Crippen molar-refractivity contribution in [2.45, 2.75) is 26.9 Å². The van der Waals surface area contributed by atoms with Crippen molar-refractivity contribution in [1.82, 2.24) is 20.0 Å². The molecular formula is C19H24F2N4O. The number of nitrogens with one attached hydrogen (secondary N) is 1. The Morgan fingerprint density at radius 3 is 2.58 bits per heavy atom. The highest BCUT2D eigenvalue weighted by molar-refractivity contribution is 5.60. The molecule has 1 aliphatic rings. The monoisotopic (exact) mass is 362 g/mol. The first-order valence-corrected chi connectivity index (χ1v) is 8.93. The molecule has 0 amide bonds. The van der Waals surface area contributed by atoms with Gasteiger partial charge in [-0.2, -0.15) is 5.10 Å². The van der Waals surface area contributed by atoms with Crippen molar-refractivity contribution in [3.05, 3.63) is 51.8 Å². The molecule has 0 saturated carbocycles. The molecule has 0 atom stereocenters. The zero-order valence-corrected chi connectivity index (χ0v) is 15.1. The Labute approximate surface area is 151 Å². The summed E-state index contributed by atoms with van der Waals surface area (Å²) in [6, 6.07) is 5.04. The second-order valence-electron chi connectivity index (χ2n) is 7.09. The van der Waals surface area contributed by atoms with Gasteiger partial charge in [-0.1, -0.05) is 13.8 Å². The van der Waals surface area contributed by atoms with Gasteiger partial charge in [0.1, 0.15) is 11.6 Å². The summed E-state index contributed by atoms with van der Waals surface area (Å²) in [7, 11) is 0. The van der Waals surface area contributed by atoms with Gasteiger partial charge in [0.25, 0.3) is 5.56 Å². The average molecular weight is 362 g/mol. The lowest BCUT2D eigenvalue weighted by molar-refractivity contribution is 0.231. The van der Waals surface area contributed by atoms with E-state index in [1.807, 2.05) is 13.8 Å². The summed E-state index contributed by atoms with van der Waals surface area (Å²) >= 11 is 0. The molecule has 0 aliphatic carbocycles. The third-order valence-corrected chi connectivity index (χ3v) is 4.40. The second kappa shape index (κ2) is 8.05. The summed E-state index contributed by atoms with van der Waals surface area (Å²) in [6.45, 7) is 8.40. The van der Waals surface area contributed by atoms with E-state index in [2.05, 4.69) is 15.3 Å². The smallest absolute Gasteiger partial charge is 0.271 e. The van der Waals surface area contributed by atoms with Crippen LogP contribution in [0.25, 0.3) is 11.3 Å². The second-order valence-corrected chi connectivity index (χ2v) is 7.09. The molecule has 2 heterocycles. The first-order valence-electron chi connectivity index (χ1n) is 8.93. The van der Waals surface area contributed by atoms with Crippen molar-refractivity contribution >= 4 is 0 Å². The molecule has 1 aromatic carbocycles. The first-order chi connectivity index (χ1) is 12.4. The van der Waals surface area contributed by atoms with E-state index in [-0.39, 0.29) is 17.0 Å². The lowest BCUT2D eigenvalue weighted by Crippen LogP contribution is -2.44. The minimum Gasteiger partial charge on any atom is -0.314 e. The number of hydrogen-bond donors (Lipinski definition) is 1. The van der Waals surface area contributed by atoms with E-state index in [1.54, 1.807) is 6.07 Å². The van der Waals surface area contributed by atoms with E-state index in [0.29, 0.717) is 24.3 Å². The van der Waals surface area contributed by atoms with Gasteiger partial charge in [-0.05, 0) is 24.1 Å². The predicted octanol–water partition coefficient (Wildman–Crippen LogP) is 2.25. The zero-order chi connectivity index (χ0) is 18.7. The highest BCUT2D eigenvalue weighted by atomic mass is 19.1. The van der Waals surface area contributed by atoms with Gasteiger partial charge >= 0.3 is 0 Å². The highest BCUT2D eigenvalue weighted by Crippen LogP contribution is 2.22. The van der Waals surface area contributed by atoms with Crippen LogP contribution in [-0.4, -0.2) is 40.9 Å². The topological polar surface area (TPSA) is 50.2 Å². The van der Waals surface area contributed by atoms with Gasteiger partial charge in [0, 0.05) is 56.5 Å². The summed E-state index contributed by atoms with van der Waals surface area (Å²) in [5, 5.41) is 7.62. The number of benzene rings is 1. The number of piperazine rings is 1. The number of aromatic nitrogens is 2. The molecule has 0 bridgehead atoms. The molecule has 0 spiro atoms. The number of rotatable bonds is 5. The Kier molecular flexibility index (Phi) is 5.78. The van der Waals surface area contributed by atoms with Crippen LogP contribution in [0.15, 0.2) is 29.1 Å². The van der Waals surface area contributed by atoms with Gasteiger partial charge in [0.05, 0.1) is 5.69 Å². The van der Waals surface area contributed by atoms with Crippen molar-refractivity contribution in [3.8, 4) is 11.3 Å². The normalized spacial score (nSPS) is 15.6. The minimum absolute atomic E-state index is 0.150. The van der Waals surface area contributed by atoms with Crippen LogP contribution in [-0.2, 0) is 13.1 Å². The molecule has 0 radical (unpaired) electrons. The van der Waals surface area contributed by atoms with E-state index in [9.17, 15) is 13.6 Å². The summed E-state index contributed by atoms with van der Waals surface area (Å²) < 4.78 is 28.9. The lowest BCUT2D eigenvalue weighted by Gasteiger charge is -2.27. The molecule has 1 fully saturated rings. The van der Waals surface area contributed by atoms with Crippen LogP contribution in [0.3, 0.4) is 0 Å². The molecule has 0 unspecified atom stereocenters. The van der Waals surface area contributed by atoms with Gasteiger partial charge in [-0.25, -0.2) is 13.5 Å². The summed E-state index contributed by atoms with van der Waals surface area (Å²) in [5.41, 5.74) is 0.989. The van der Waals surface area contributed by atoms with Crippen molar-refractivity contribution in [2.24, 2.45) is 5.92 Å². The van der Waals surface area contributed by atoms with Crippen molar-refractivity contribution < 1.29 is 8.78 Å². The first kappa shape index (κ1) is 18.7. The Morgan fingerprint density at radius 1 is 1.19 bits per heavy atom. The molecule has 3 rings (SSSR count). The van der Waals surface area contributed by atoms with E-state index in [1.165, 1.54) is 16.8 Å². The van der Waals surface area contributed by atoms with Gasteiger partial charge in [0.15, 0.2) is 0 Å². The van der Waals surface area contributed by atoms with Crippen LogP contribution >= 0.6 is 0 Å². The highest BCUT2D eigenvalue weighted by Gasteiger charge is 2.17. The van der Waals surface area contributed by atoms with E-state index in [4.69, 9.17) is 0 Å². The fourth-order valence-electron chi connectivity index (χ4n) is 3.12. The molecule has 26 heavy (non-hydrogen) atoms. The molecule has 2 aromatic rings. The minimum atomic E-state index is -0.680. The molecule has 1 saturated heterocycles. The largest absolute Gasteiger partial charge is 0.314 e. The molecule has 140 valence electrons. The Hall–Kier alpha value is -2.12. The van der Waals surface area contributed by atoms with E-state index < -0.39 is 11.6 Å². The van der Waals surface area contributed by atoms with Crippen molar-refractivity contribution in [1.29, 1.82) is 0 Å². The average Bonchev–Trinajstić information content (AvgIpc) is 2.59. The van der Waals surface area contributed by atoms with Gasteiger partial charge < -0.3 is 5.32 Å². The van der Waals surface area contributed by atoms with Crippen LogP contribution in [0.5, 0.6) is 0 Å². The maximum Gasteiger partial charge on any atom is 0.271 e. The molecule has 5 nitrogen and oxygen atoms in total. The van der Waals surface area contributed by atoms with Crippen molar-refractivity contribution in [2.75, 3.05) is 26.2 Å². The number of nitrogens with zero attached hydrogens (tertiary/aromatic N) is 3. The quantitative estimate of drug-likeness (QED) is 0.886. The van der Waals surface area contributed by atoms with Gasteiger partial charge in [-0.15, -0.1) is 0 Å². The lowest BCUT2D eigenvalue weighted by atomic mass is 10.1. The maximum atomic E-state index is 14.2. The summed E-state index contributed by atoms with van der Waals surface area (Å²) in [6.07, 6.45) is 0. The molecule has 1 aromatic heterocycles. The summed E-state index contributed by atoms with van der Waals surface area (Å²) in [4.78, 5) is 15.0. The SMILES string of the molecule is CC(C)Cn1nc(-c2ccc(F)cc2F)cc(CN2CCNCC2)c1=O. The fraction of sp³-hybridized carbons (Fsp3) is 0.474. The third-order valence-electron chi connectivity index (χ3n) is 4.40. The number of halogens is 2. The fourth-order valence-corrected chi connectivity index (χ4v) is 3.12. The predicted molar refractivity (Wildman–Crippen MR) is 96.8 cm³/mol. The molecule has 1 aliphatic heterocycles. The molecular weight excluding hydrogens is 338 g/mol. The zero-order valence-electron chi connectivity index (χ0n) is 15.1. The van der Waals surface area contributed by atoms with E-state index in [0.717, 1.165) is 32.2 Å². The Bertz CT molecular complexity index is 829. The van der Waals surface area contributed by atoms with Crippen molar-refractivity contribution in [3.63, 3.8) is 0 Å². The third kappa shape index (κ3) is 4.34. The standard InChI is InChI=1S/C19H24F2N4O/c1-13(2)11-25-19(26)14(12-24-7-5-22-6-8-24)9-18(23-25)16-4-3-15(20)10-17(16)21/h3-4,9-10,13,22H,5-8,11-12H2,1-2H3. The van der Waals surface area contributed by atoms with Gasteiger partial charge in [-0.3, -0.25) is 9.69 Å². The Morgan fingerprint density at radius 2 is 1.92 bits per heavy atom. The van der Waals surface area contributed by atoms with Crippen LogP contribution in [0.1, 0.15) is 19.4 Å². The Balaban J connectivity index is 2.03. The van der Waals surface area contributed by atoms with E-state index >= 15 is 0 Å².